The van der Waals surface area contributed by atoms with E-state index in [9.17, 15) is 0 Å². The highest BCUT2D eigenvalue weighted by Crippen LogP contribution is 2.25. The number of halogens is 1. The molecule has 0 atom stereocenters. The zero-order chi connectivity index (χ0) is 11.7. The molecule has 88 valence electrons. The molecule has 2 heterocycles. The van der Waals surface area contributed by atoms with Crippen LogP contribution in [0.5, 0.6) is 0 Å². The fourth-order valence-electron chi connectivity index (χ4n) is 1.83. The number of nitrogens with zero attached hydrogens (tertiary/aromatic N) is 2. The molecule has 1 N–H and O–H groups in total. The highest BCUT2D eigenvalue weighted by Gasteiger charge is 2.20. The van der Waals surface area contributed by atoms with Crippen LogP contribution >= 0.6 is 15.9 Å². The lowest BCUT2D eigenvalue weighted by molar-refractivity contribution is 0.296. The van der Waals surface area contributed by atoms with Crippen LogP contribution in [0, 0.1) is 5.92 Å². The number of benzene rings is 1. The Bertz CT molecular complexity index is 522. The summed E-state index contributed by atoms with van der Waals surface area (Å²) in [6, 6.07) is 7.88. The monoisotopic (exact) mass is 293 g/mol. The molecule has 0 bridgehead atoms. The van der Waals surface area contributed by atoms with E-state index in [1.54, 1.807) is 0 Å². The number of hydrogen-bond donors (Lipinski definition) is 1. The zero-order valence-electron chi connectivity index (χ0n) is 9.19. The summed E-state index contributed by atoms with van der Waals surface area (Å²) < 4.78 is 6.25. The Morgan fingerprint density at radius 3 is 2.88 bits per heavy atom. The van der Waals surface area contributed by atoms with Gasteiger partial charge in [0, 0.05) is 16.5 Å². The van der Waals surface area contributed by atoms with Crippen LogP contribution in [0.15, 0.2) is 33.3 Å². The second-order valence-corrected chi connectivity index (χ2v) is 5.07. The number of hydrogen-bond acceptors (Lipinski definition) is 4. The molecule has 0 aliphatic carbocycles. The fraction of sp³-hybridized carbons (Fsp3) is 0.333. The first kappa shape index (κ1) is 10.9. The number of rotatable bonds is 3. The van der Waals surface area contributed by atoms with Crippen LogP contribution in [0.2, 0.25) is 0 Å². The molecule has 1 aromatic carbocycles. The van der Waals surface area contributed by atoms with Crippen LogP contribution in [0.25, 0.3) is 11.4 Å². The highest BCUT2D eigenvalue weighted by atomic mass is 79.9. The Labute approximate surface area is 108 Å². The Morgan fingerprint density at radius 2 is 2.18 bits per heavy atom. The Morgan fingerprint density at radius 1 is 1.35 bits per heavy atom. The molecule has 4 nitrogen and oxygen atoms in total. The van der Waals surface area contributed by atoms with E-state index in [0.717, 1.165) is 35.4 Å². The van der Waals surface area contributed by atoms with Gasteiger partial charge in [-0.15, -0.1) is 0 Å². The Balaban J connectivity index is 1.82. The van der Waals surface area contributed by atoms with Crippen LogP contribution in [-0.2, 0) is 6.42 Å². The lowest BCUT2D eigenvalue weighted by atomic mass is 10.00. The summed E-state index contributed by atoms with van der Waals surface area (Å²) in [6.45, 7) is 2.10. The van der Waals surface area contributed by atoms with Crippen molar-refractivity contribution in [1.29, 1.82) is 0 Å². The quantitative estimate of drug-likeness (QED) is 0.943. The van der Waals surface area contributed by atoms with Crippen LogP contribution in [0.4, 0.5) is 0 Å². The van der Waals surface area contributed by atoms with Gasteiger partial charge in [-0.25, -0.2) is 0 Å². The van der Waals surface area contributed by atoms with Crippen molar-refractivity contribution in [2.24, 2.45) is 5.92 Å². The van der Waals surface area contributed by atoms with Gasteiger partial charge >= 0.3 is 0 Å². The molecule has 1 aliphatic rings. The van der Waals surface area contributed by atoms with Crippen LogP contribution in [0.3, 0.4) is 0 Å². The van der Waals surface area contributed by atoms with Crippen molar-refractivity contribution in [3.8, 4) is 11.4 Å². The third kappa shape index (κ3) is 2.25. The molecule has 0 saturated carbocycles. The first-order chi connectivity index (χ1) is 8.33. The van der Waals surface area contributed by atoms with Gasteiger partial charge in [-0.05, 0) is 31.1 Å². The van der Waals surface area contributed by atoms with Crippen molar-refractivity contribution in [2.45, 2.75) is 6.42 Å². The molecule has 3 rings (SSSR count). The molecule has 1 aromatic heterocycles. The van der Waals surface area contributed by atoms with Gasteiger partial charge in [0.05, 0.1) is 0 Å². The molecule has 0 spiro atoms. The van der Waals surface area contributed by atoms with E-state index >= 15 is 0 Å². The average molecular weight is 294 g/mol. The minimum atomic E-state index is 0.641. The van der Waals surface area contributed by atoms with E-state index in [1.165, 1.54) is 0 Å². The van der Waals surface area contributed by atoms with Gasteiger partial charge < -0.3 is 9.84 Å². The molecule has 0 radical (unpaired) electrons. The van der Waals surface area contributed by atoms with E-state index in [0.29, 0.717) is 11.7 Å². The average Bonchev–Trinajstić information content (AvgIpc) is 2.73. The SMILES string of the molecule is Brc1ccccc1-c1noc(CC2CNC2)n1. The maximum Gasteiger partial charge on any atom is 0.227 e. The van der Waals surface area contributed by atoms with E-state index in [-0.39, 0.29) is 0 Å². The van der Waals surface area contributed by atoms with Crippen molar-refractivity contribution < 1.29 is 4.52 Å². The Hall–Kier alpha value is -1.20. The minimum absolute atomic E-state index is 0.641. The third-order valence-electron chi connectivity index (χ3n) is 2.91. The first-order valence-electron chi connectivity index (χ1n) is 5.61. The normalized spacial score (nSPS) is 15.8. The summed E-state index contributed by atoms with van der Waals surface area (Å²) in [5, 5.41) is 7.25. The molecule has 5 heteroatoms. The predicted octanol–water partition coefficient (Wildman–Crippen LogP) is 2.26. The summed E-state index contributed by atoms with van der Waals surface area (Å²) >= 11 is 3.49. The van der Waals surface area contributed by atoms with Gasteiger partial charge in [-0.3, -0.25) is 0 Å². The molecular formula is C12H12BrN3O. The van der Waals surface area contributed by atoms with E-state index in [4.69, 9.17) is 4.52 Å². The van der Waals surface area contributed by atoms with Crippen LogP contribution < -0.4 is 5.32 Å². The maximum atomic E-state index is 5.27. The summed E-state index contributed by atoms with van der Waals surface area (Å²) in [5.74, 6) is 2.02. The van der Waals surface area contributed by atoms with Crippen LogP contribution in [0.1, 0.15) is 5.89 Å². The second kappa shape index (κ2) is 4.58. The van der Waals surface area contributed by atoms with E-state index in [2.05, 4.69) is 31.4 Å². The largest absolute Gasteiger partial charge is 0.339 e. The first-order valence-corrected chi connectivity index (χ1v) is 6.40. The molecule has 1 saturated heterocycles. The summed E-state index contributed by atoms with van der Waals surface area (Å²) in [7, 11) is 0. The second-order valence-electron chi connectivity index (χ2n) is 4.22. The van der Waals surface area contributed by atoms with E-state index < -0.39 is 0 Å². The molecule has 1 fully saturated rings. The topological polar surface area (TPSA) is 51.0 Å². The standard InChI is InChI=1S/C12H12BrN3O/c13-10-4-2-1-3-9(10)12-15-11(17-16-12)5-8-6-14-7-8/h1-4,8,14H,5-7H2. The lowest BCUT2D eigenvalue weighted by Crippen LogP contribution is -2.43. The van der Waals surface area contributed by atoms with Gasteiger partial charge in [0.1, 0.15) is 0 Å². The summed E-state index contributed by atoms with van der Waals surface area (Å²) in [5.41, 5.74) is 0.967. The van der Waals surface area contributed by atoms with E-state index in [1.807, 2.05) is 24.3 Å². The molecule has 1 aliphatic heterocycles. The molecule has 17 heavy (non-hydrogen) atoms. The van der Waals surface area contributed by atoms with Crippen molar-refractivity contribution in [1.82, 2.24) is 15.5 Å². The van der Waals surface area contributed by atoms with Gasteiger partial charge in [0.2, 0.25) is 11.7 Å². The Kier molecular flexibility index (Phi) is 2.94. The van der Waals surface area contributed by atoms with Crippen LogP contribution in [-0.4, -0.2) is 23.2 Å². The molecule has 0 amide bonds. The highest BCUT2D eigenvalue weighted by molar-refractivity contribution is 9.10. The molecule has 0 unspecified atom stereocenters. The zero-order valence-corrected chi connectivity index (χ0v) is 10.8. The van der Waals surface area contributed by atoms with Gasteiger partial charge in [0.15, 0.2) is 0 Å². The maximum absolute atomic E-state index is 5.27. The van der Waals surface area contributed by atoms with Crippen molar-refractivity contribution in [3.05, 3.63) is 34.6 Å². The van der Waals surface area contributed by atoms with Gasteiger partial charge in [-0.2, -0.15) is 4.98 Å². The van der Waals surface area contributed by atoms with Crippen molar-refractivity contribution in [2.75, 3.05) is 13.1 Å². The van der Waals surface area contributed by atoms with Gasteiger partial charge in [0.25, 0.3) is 0 Å². The smallest absolute Gasteiger partial charge is 0.227 e. The predicted molar refractivity (Wildman–Crippen MR) is 67.5 cm³/mol. The third-order valence-corrected chi connectivity index (χ3v) is 3.60. The molecule has 2 aromatic rings. The van der Waals surface area contributed by atoms with Gasteiger partial charge in [-0.1, -0.05) is 33.2 Å². The fourth-order valence-corrected chi connectivity index (χ4v) is 2.29. The minimum Gasteiger partial charge on any atom is -0.339 e. The summed E-state index contributed by atoms with van der Waals surface area (Å²) in [4.78, 5) is 4.43. The number of aromatic nitrogens is 2. The summed E-state index contributed by atoms with van der Waals surface area (Å²) in [6.07, 6.45) is 0.866. The number of nitrogens with one attached hydrogen (secondary N) is 1. The van der Waals surface area contributed by atoms with Crippen molar-refractivity contribution >= 4 is 15.9 Å². The van der Waals surface area contributed by atoms with Crippen molar-refractivity contribution in [3.63, 3.8) is 0 Å². The molecular weight excluding hydrogens is 282 g/mol. The lowest BCUT2D eigenvalue weighted by Gasteiger charge is -2.25.